The van der Waals surface area contributed by atoms with Gasteiger partial charge in [0.25, 0.3) is 5.91 Å². The minimum atomic E-state index is -1.17. The molecular weight excluding hydrogens is 747 g/mol. The molecule has 1 spiro atoms. The number of Topliss-reactive ketones (excluding diaryl/α,β-unsaturated/α-hetero) is 1. The molecule has 4 aliphatic rings. The molecule has 0 bridgehead atoms. The number of carbonyl (C=O) groups excluding carboxylic acids is 6. The second kappa shape index (κ2) is 16.3. The molecule has 0 unspecified atom stereocenters. The van der Waals surface area contributed by atoms with Crippen LogP contribution < -0.4 is 21.4 Å². The van der Waals surface area contributed by atoms with Crippen LogP contribution in [0.4, 0.5) is 0 Å². The van der Waals surface area contributed by atoms with Crippen LogP contribution in [0.25, 0.3) is 5.70 Å². The Kier molecular flexibility index (Phi) is 11.9. The van der Waals surface area contributed by atoms with E-state index in [-0.39, 0.29) is 50.7 Å². The van der Waals surface area contributed by atoms with Gasteiger partial charge >= 0.3 is 0 Å². The van der Waals surface area contributed by atoms with Gasteiger partial charge < -0.3 is 25.8 Å². The van der Waals surface area contributed by atoms with Gasteiger partial charge in [0.1, 0.15) is 23.7 Å². The molecule has 3 fully saturated rings. The highest BCUT2D eigenvalue weighted by molar-refractivity contribution is 6.38. The first-order valence-electron chi connectivity index (χ1n) is 18.8. The van der Waals surface area contributed by atoms with Crippen molar-refractivity contribution in [1.29, 1.82) is 0 Å². The topological polar surface area (TPSA) is 166 Å². The molecule has 0 radical (unpaired) electrons. The fourth-order valence-electron chi connectivity index (χ4n) is 7.38. The van der Waals surface area contributed by atoms with Crippen molar-refractivity contribution in [2.75, 3.05) is 6.54 Å². The highest BCUT2D eigenvalue weighted by Crippen LogP contribution is 2.39. The number of benzene rings is 2. The molecule has 2 aromatic rings. The highest BCUT2D eigenvalue weighted by atomic mass is 35.5. The third-order valence-corrected chi connectivity index (χ3v) is 10.9. The number of likely N-dealkylation sites (tertiary alicyclic amines) is 2. The van der Waals surface area contributed by atoms with Gasteiger partial charge in [-0.15, -0.1) is 0 Å². The van der Waals surface area contributed by atoms with Crippen LogP contribution in [0.2, 0.25) is 10.0 Å². The number of nitrogens with zero attached hydrogens (tertiary/aromatic N) is 2. The van der Waals surface area contributed by atoms with Crippen LogP contribution in [-0.2, 0) is 40.1 Å². The summed E-state index contributed by atoms with van der Waals surface area (Å²) in [6.07, 6.45) is 4.60. The zero-order valence-corrected chi connectivity index (χ0v) is 33.0. The Hall–Kier alpha value is -4.46. The van der Waals surface area contributed by atoms with Crippen molar-refractivity contribution in [2.45, 2.75) is 115 Å². The van der Waals surface area contributed by atoms with Crippen molar-refractivity contribution in [2.24, 2.45) is 5.41 Å². The van der Waals surface area contributed by atoms with Crippen molar-refractivity contribution in [3.05, 3.63) is 75.8 Å². The van der Waals surface area contributed by atoms with Gasteiger partial charge in [0.15, 0.2) is 0 Å². The predicted molar refractivity (Wildman–Crippen MR) is 206 cm³/mol. The molecule has 55 heavy (non-hydrogen) atoms. The fraction of sp³-hybridized carbons (Fsp3) is 0.500. The van der Waals surface area contributed by atoms with E-state index in [1.165, 1.54) is 9.80 Å². The van der Waals surface area contributed by atoms with Gasteiger partial charge in [0.2, 0.25) is 29.4 Å². The van der Waals surface area contributed by atoms with Crippen LogP contribution in [0.15, 0.2) is 54.6 Å². The third-order valence-electron chi connectivity index (χ3n) is 10.5. The van der Waals surface area contributed by atoms with E-state index < -0.39 is 64.6 Å². The average molecular weight is 796 g/mol. The van der Waals surface area contributed by atoms with E-state index in [4.69, 9.17) is 28.0 Å². The largest absolute Gasteiger partial charge is 0.347 e. The standard InChI is InChI=1S/C40H48Cl2N6O7/c1-5-8-28(33(50)37(53)43-27-13-14-27)44-36(52)31-20-40(19-29(46-55-40)24-10-7-12-26(42)18-24)22-48(31)38(54)34(39(2,3)4)45-35(51)30-15-16-32(49)47(30)21-23-9-6-11-25(41)17-23/h6-7,9-12,17-19,27-28,30-31,34,46H,5,8,13-16,20-22H2,1-4H3,(H,43,53)(H,44,52)(H,45,51)/t28-,30-,31-,34+,40+/m0/s1. The number of nitrogens with one attached hydrogen (secondary N) is 4. The number of hydroxylamine groups is 1. The highest BCUT2D eigenvalue weighted by Gasteiger charge is 2.54. The lowest BCUT2D eigenvalue weighted by Crippen LogP contribution is -2.60. The van der Waals surface area contributed by atoms with Gasteiger partial charge in [-0.2, -0.15) is 0 Å². The second-order valence-electron chi connectivity index (χ2n) is 16.0. The molecule has 2 aromatic carbocycles. The van der Waals surface area contributed by atoms with Crippen molar-refractivity contribution < 1.29 is 33.6 Å². The first kappa shape index (κ1) is 40.2. The molecule has 2 saturated heterocycles. The number of rotatable bonds is 13. The predicted octanol–water partition coefficient (Wildman–Crippen LogP) is 4.06. The Morgan fingerprint density at radius 2 is 1.65 bits per heavy atom. The molecular formula is C40H48Cl2N6O7. The number of amides is 5. The molecule has 5 amide bonds. The second-order valence-corrected chi connectivity index (χ2v) is 16.9. The van der Waals surface area contributed by atoms with E-state index in [0.29, 0.717) is 22.2 Å². The number of hydrogen-bond acceptors (Lipinski definition) is 8. The molecule has 1 aliphatic carbocycles. The van der Waals surface area contributed by atoms with Gasteiger partial charge in [-0.3, -0.25) is 39.1 Å². The molecule has 15 heteroatoms. The Labute approximate surface area is 330 Å². The Balaban J connectivity index is 1.27. The lowest BCUT2D eigenvalue weighted by Gasteiger charge is -2.37. The summed E-state index contributed by atoms with van der Waals surface area (Å²) in [5, 5.41) is 9.44. The first-order valence-corrected chi connectivity index (χ1v) is 19.6. The summed E-state index contributed by atoms with van der Waals surface area (Å²) in [6.45, 7) is 7.36. The van der Waals surface area contributed by atoms with Gasteiger partial charge in [-0.25, -0.2) is 0 Å². The lowest BCUT2D eigenvalue weighted by atomic mass is 9.85. The van der Waals surface area contributed by atoms with E-state index in [9.17, 15) is 28.8 Å². The monoisotopic (exact) mass is 794 g/mol. The molecule has 3 heterocycles. The third kappa shape index (κ3) is 9.33. The van der Waals surface area contributed by atoms with Gasteiger partial charge in [-0.1, -0.05) is 81.6 Å². The van der Waals surface area contributed by atoms with Crippen LogP contribution in [0.5, 0.6) is 0 Å². The van der Waals surface area contributed by atoms with Crippen LogP contribution in [0.1, 0.15) is 83.8 Å². The van der Waals surface area contributed by atoms with E-state index in [0.717, 1.165) is 24.0 Å². The molecule has 1 saturated carbocycles. The van der Waals surface area contributed by atoms with E-state index in [1.54, 1.807) is 57.2 Å². The Morgan fingerprint density at radius 3 is 2.31 bits per heavy atom. The molecule has 5 atom stereocenters. The van der Waals surface area contributed by atoms with Crippen LogP contribution in [0, 0.1) is 5.41 Å². The maximum absolute atomic E-state index is 14.8. The molecule has 294 valence electrons. The maximum Gasteiger partial charge on any atom is 0.289 e. The summed E-state index contributed by atoms with van der Waals surface area (Å²) in [5.74, 6) is -3.35. The van der Waals surface area contributed by atoms with Crippen molar-refractivity contribution in [1.82, 2.24) is 31.2 Å². The molecule has 0 aromatic heterocycles. The zero-order valence-electron chi connectivity index (χ0n) is 31.5. The average Bonchev–Trinajstić information content (AvgIpc) is 3.55. The Morgan fingerprint density at radius 1 is 0.964 bits per heavy atom. The summed E-state index contributed by atoms with van der Waals surface area (Å²) in [7, 11) is 0. The summed E-state index contributed by atoms with van der Waals surface area (Å²) in [6, 6.07) is 9.96. The van der Waals surface area contributed by atoms with Gasteiger partial charge in [0.05, 0.1) is 18.3 Å². The van der Waals surface area contributed by atoms with E-state index in [2.05, 4.69) is 21.4 Å². The van der Waals surface area contributed by atoms with Gasteiger partial charge in [0, 0.05) is 41.0 Å². The summed E-state index contributed by atoms with van der Waals surface area (Å²) in [4.78, 5) is 91.2. The summed E-state index contributed by atoms with van der Waals surface area (Å²) >= 11 is 12.5. The maximum atomic E-state index is 14.8. The number of carbonyl (C=O) groups is 6. The first-order chi connectivity index (χ1) is 26.1. The quantitative estimate of drug-likeness (QED) is 0.221. The zero-order chi connectivity index (χ0) is 39.7. The smallest absolute Gasteiger partial charge is 0.289 e. The lowest BCUT2D eigenvalue weighted by molar-refractivity contribution is -0.146. The number of halogens is 2. The number of hydrogen-bond donors (Lipinski definition) is 4. The molecule has 3 aliphatic heterocycles. The van der Waals surface area contributed by atoms with Gasteiger partial charge in [-0.05, 0) is 67.0 Å². The van der Waals surface area contributed by atoms with Crippen molar-refractivity contribution in [3.63, 3.8) is 0 Å². The van der Waals surface area contributed by atoms with Crippen molar-refractivity contribution in [3.8, 4) is 0 Å². The SMILES string of the molecule is CCC[C@H](NC(=O)[C@@H]1C[C@]2(C=C(c3cccc(Cl)c3)NO2)CN1C(=O)[C@@H](NC(=O)[C@@H]1CCC(=O)N1Cc1cccc(Cl)c1)C(C)(C)C)C(=O)C(=O)NC1CC1. The van der Waals surface area contributed by atoms with E-state index in [1.807, 2.05) is 25.1 Å². The Bertz CT molecular complexity index is 1890. The van der Waals surface area contributed by atoms with Crippen LogP contribution >= 0.6 is 23.2 Å². The summed E-state index contributed by atoms with van der Waals surface area (Å²) in [5.41, 5.74) is 3.03. The number of ketones is 1. The normalized spacial score (nSPS) is 23.2. The molecule has 13 nitrogen and oxygen atoms in total. The minimum Gasteiger partial charge on any atom is -0.347 e. The fourth-order valence-corrected chi connectivity index (χ4v) is 7.78. The minimum absolute atomic E-state index is 0.0122. The van der Waals surface area contributed by atoms with Crippen molar-refractivity contribution >= 4 is 64.2 Å². The molecule has 4 N–H and O–H groups in total. The van der Waals surface area contributed by atoms with Crippen LogP contribution in [-0.4, -0.2) is 87.5 Å². The molecule has 6 rings (SSSR count). The van der Waals surface area contributed by atoms with E-state index >= 15 is 0 Å². The van der Waals surface area contributed by atoms with Crippen LogP contribution in [0.3, 0.4) is 0 Å². The summed E-state index contributed by atoms with van der Waals surface area (Å²) < 4.78 is 0.